The molecular weight excluding hydrogens is 425 g/mol. The van der Waals surface area contributed by atoms with Gasteiger partial charge in [-0.25, -0.2) is 4.79 Å². The van der Waals surface area contributed by atoms with Crippen molar-refractivity contribution in [3.05, 3.63) is 69.7 Å². The van der Waals surface area contributed by atoms with Gasteiger partial charge in [0.15, 0.2) is 0 Å². The molecule has 1 heterocycles. The summed E-state index contributed by atoms with van der Waals surface area (Å²) in [5.74, 6) is -0.821. The number of nitrogens with zero attached hydrogens (tertiary/aromatic N) is 2. The van der Waals surface area contributed by atoms with E-state index in [2.05, 4.69) is 5.32 Å². The van der Waals surface area contributed by atoms with Crippen molar-refractivity contribution in [2.24, 2.45) is 0 Å². The number of imide groups is 1. The van der Waals surface area contributed by atoms with Crippen LogP contribution < -0.4 is 5.32 Å². The maximum Gasteiger partial charge on any atom is 0.325 e. The third-order valence-electron chi connectivity index (χ3n) is 5.20. The van der Waals surface area contributed by atoms with Gasteiger partial charge in [-0.15, -0.1) is 0 Å². The van der Waals surface area contributed by atoms with Gasteiger partial charge in [-0.1, -0.05) is 59.6 Å². The molecule has 0 radical (unpaired) electrons. The van der Waals surface area contributed by atoms with Crippen LogP contribution in [0.2, 0.25) is 10.0 Å². The molecule has 2 aromatic rings. The fraction of sp³-hybridized carbons (Fsp3) is 0.318. The molecule has 0 bridgehead atoms. The van der Waals surface area contributed by atoms with Crippen molar-refractivity contribution in [2.45, 2.75) is 38.9 Å². The molecule has 1 aliphatic heterocycles. The Labute approximate surface area is 185 Å². The van der Waals surface area contributed by atoms with E-state index >= 15 is 0 Å². The van der Waals surface area contributed by atoms with Gasteiger partial charge in [-0.2, -0.15) is 0 Å². The molecule has 1 saturated heterocycles. The summed E-state index contributed by atoms with van der Waals surface area (Å²) in [6.07, 6.45) is 0. The molecule has 0 aliphatic carbocycles. The fourth-order valence-corrected chi connectivity index (χ4v) is 3.71. The molecule has 6 nitrogen and oxygen atoms in total. The first-order chi connectivity index (χ1) is 14.1. The zero-order chi connectivity index (χ0) is 22.1. The van der Waals surface area contributed by atoms with Crippen LogP contribution in [0.5, 0.6) is 0 Å². The Morgan fingerprint density at radius 1 is 1.10 bits per heavy atom. The summed E-state index contributed by atoms with van der Waals surface area (Å²) >= 11 is 12.0. The number of halogens is 2. The predicted molar refractivity (Wildman–Crippen MR) is 116 cm³/mol. The Morgan fingerprint density at radius 2 is 1.77 bits per heavy atom. The van der Waals surface area contributed by atoms with E-state index < -0.39 is 17.5 Å². The Bertz CT molecular complexity index is 981. The first-order valence-corrected chi connectivity index (χ1v) is 10.3. The second kappa shape index (κ2) is 8.66. The van der Waals surface area contributed by atoms with Crippen molar-refractivity contribution in [1.29, 1.82) is 0 Å². The summed E-state index contributed by atoms with van der Waals surface area (Å²) in [6.45, 7) is 5.43. The van der Waals surface area contributed by atoms with Crippen LogP contribution in [0.4, 0.5) is 4.79 Å². The van der Waals surface area contributed by atoms with Gasteiger partial charge in [0.1, 0.15) is 12.1 Å². The van der Waals surface area contributed by atoms with Gasteiger partial charge in [0.25, 0.3) is 5.91 Å². The van der Waals surface area contributed by atoms with E-state index in [1.165, 1.54) is 0 Å². The minimum absolute atomic E-state index is 0.0973. The highest BCUT2D eigenvalue weighted by Gasteiger charge is 2.50. The van der Waals surface area contributed by atoms with Gasteiger partial charge in [-0.05, 0) is 44.0 Å². The fourth-order valence-electron chi connectivity index (χ4n) is 3.41. The molecule has 0 aromatic heterocycles. The Balaban J connectivity index is 1.80. The highest BCUT2D eigenvalue weighted by atomic mass is 35.5. The van der Waals surface area contributed by atoms with Gasteiger partial charge < -0.3 is 10.2 Å². The molecule has 0 saturated carbocycles. The van der Waals surface area contributed by atoms with Crippen LogP contribution in [0.3, 0.4) is 0 Å². The topological polar surface area (TPSA) is 69.7 Å². The molecule has 1 unspecified atom stereocenters. The summed E-state index contributed by atoms with van der Waals surface area (Å²) in [4.78, 5) is 41.3. The lowest BCUT2D eigenvalue weighted by molar-refractivity contribution is -0.140. The number of hydrogen-bond acceptors (Lipinski definition) is 3. The standard InChI is InChI=1S/C22H23Cl2N3O3/c1-14(2)26(12-15-7-5-4-6-8-15)19(28)13-27-20(29)22(3,25-21(27)30)16-9-10-17(23)18(24)11-16/h4-11,14H,12-13H2,1-3H3,(H,25,30). The normalized spacial score (nSPS) is 18.7. The Morgan fingerprint density at radius 3 is 2.37 bits per heavy atom. The second-order valence-corrected chi connectivity index (χ2v) is 8.49. The summed E-state index contributed by atoms with van der Waals surface area (Å²) in [5, 5.41) is 3.31. The molecule has 1 N–H and O–H groups in total. The predicted octanol–water partition coefficient (Wildman–Crippen LogP) is 4.20. The molecule has 30 heavy (non-hydrogen) atoms. The van der Waals surface area contributed by atoms with Crippen LogP contribution >= 0.6 is 23.2 Å². The number of carbonyl (C=O) groups excluding carboxylic acids is 3. The Kier molecular flexibility index (Phi) is 6.38. The molecule has 158 valence electrons. The molecule has 1 aliphatic rings. The zero-order valence-corrected chi connectivity index (χ0v) is 18.5. The van der Waals surface area contributed by atoms with E-state index in [-0.39, 0.29) is 23.5 Å². The molecule has 0 spiro atoms. The molecule has 1 atom stereocenters. The molecular formula is C22H23Cl2N3O3. The SMILES string of the molecule is CC(C)N(Cc1ccccc1)C(=O)CN1C(=O)NC(C)(c2ccc(Cl)c(Cl)c2)C1=O. The lowest BCUT2D eigenvalue weighted by Gasteiger charge is -2.28. The number of urea groups is 1. The van der Waals surface area contributed by atoms with Crippen LogP contribution in [0.15, 0.2) is 48.5 Å². The lowest BCUT2D eigenvalue weighted by Crippen LogP contribution is -2.46. The maximum atomic E-state index is 13.1. The quantitative estimate of drug-likeness (QED) is 0.674. The summed E-state index contributed by atoms with van der Waals surface area (Å²) in [6, 6.07) is 13.6. The van der Waals surface area contributed by atoms with Crippen molar-refractivity contribution in [1.82, 2.24) is 15.1 Å². The van der Waals surface area contributed by atoms with Crippen molar-refractivity contribution in [2.75, 3.05) is 6.54 Å². The van der Waals surface area contributed by atoms with Gasteiger partial charge in [0, 0.05) is 12.6 Å². The molecule has 3 rings (SSSR count). The van der Waals surface area contributed by atoms with E-state index in [1.54, 1.807) is 30.0 Å². The summed E-state index contributed by atoms with van der Waals surface area (Å²) < 4.78 is 0. The zero-order valence-electron chi connectivity index (χ0n) is 17.0. The van der Waals surface area contributed by atoms with E-state index in [9.17, 15) is 14.4 Å². The van der Waals surface area contributed by atoms with Crippen LogP contribution in [-0.4, -0.2) is 40.2 Å². The third-order valence-corrected chi connectivity index (χ3v) is 5.94. The van der Waals surface area contributed by atoms with E-state index in [4.69, 9.17) is 23.2 Å². The van der Waals surface area contributed by atoms with Crippen LogP contribution in [0.1, 0.15) is 31.9 Å². The smallest absolute Gasteiger partial charge is 0.325 e. The minimum atomic E-state index is -1.33. The highest BCUT2D eigenvalue weighted by molar-refractivity contribution is 6.42. The monoisotopic (exact) mass is 447 g/mol. The minimum Gasteiger partial charge on any atom is -0.334 e. The van der Waals surface area contributed by atoms with Crippen LogP contribution in [0.25, 0.3) is 0 Å². The average molecular weight is 448 g/mol. The van der Waals surface area contributed by atoms with E-state index in [0.29, 0.717) is 17.1 Å². The van der Waals surface area contributed by atoms with Crippen LogP contribution in [0, 0.1) is 0 Å². The number of rotatable bonds is 6. The van der Waals surface area contributed by atoms with Crippen molar-refractivity contribution in [3.8, 4) is 0 Å². The summed E-state index contributed by atoms with van der Waals surface area (Å²) in [5.41, 5.74) is 0.140. The first kappa shape index (κ1) is 22.1. The number of benzene rings is 2. The van der Waals surface area contributed by atoms with Crippen molar-refractivity contribution < 1.29 is 14.4 Å². The third kappa shape index (κ3) is 4.30. The molecule has 4 amide bonds. The highest BCUT2D eigenvalue weighted by Crippen LogP contribution is 2.33. The maximum absolute atomic E-state index is 13.1. The van der Waals surface area contributed by atoms with Gasteiger partial charge in [0.05, 0.1) is 10.0 Å². The summed E-state index contributed by atoms with van der Waals surface area (Å²) in [7, 11) is 0. The molecule has 8 heteroatoms. The lowest BCUT2D eigenvalue weighted by atomic mass is 9.92. The van der Waals surface area contributed by atoms with Gasteiger partial charge in [0.2, 0.25) is 5.91 Å². The molecule has 2 aromatic carbocycles. The van der Waals surface area contributed by atoms with Crippen molar-refractivity contribution in [3.63, 3.8) is 0 Å². The number of hydrogen-bond donors (Lipinski definition) is 1. The number of carbonyl (C=O) groups is 3. The first-order valence-electron chi connectivity index (χ1n) is 9.56. The molecule has 1 fully saturated rings. The van der Waals surface area contributed by atoms with Gasteiger partial charge >= 0.3 is 6.03 Å². The second-order valence-electron chi connectivity index (χ2n) is 7.68. The van der Waals surface area contributed by atoms with E-state index in [0.717, 1.165) is 10.5 Å². The average Bonchev–Trinajstić information content (AvgIpc) is 2.92. The largest absolute Gasteiger partial charge is 0.334 e. The van der Waals surface area contributed by atoms with Crippen molar-refractivity contribution >= 4 is 41.0 Å². The number of amides is 4. The number of nitrogens with one attached hydrogen (secondary N) is 1. The van der Waals surface area contributed by atoms with Gasteiger partial charge in [-0.3, -0.25) is 14.5 Å². The van der Waals surface area contributed by atoms with E-state index in [1.807, 2.05) is 44.2 Å². The Hall–Kier alpha value is -2.57. The van der Waals surface area contributed by atoms with Crippen LogP contribution in [-0.2, 0) is 21.7 Å².